The third kappa shape index (κ3) is 3.28. The highest BCUT2D eigenvalue weighted by Gasteiger charge is 2.17. The van der Waals surface area contributed by atoms with Crippen LogP contribution in [0.3, 0.4) is 0 Å². The van der Waals surface area contributed by atoms with E-state index in [9.17, 15) is 0 Å². The van der Waals surface area contributed by atoms with Crippen LogP contribution in [-0.4, -0.2) is 16.5 Å². The van der Waals surface area contributed by atoms with E-state index >= 15 is 0 Å². The molecule has 1 atom stereocenters. The van der Waals surface area contributed by atoms with Gasteiger partial charge >= 0.3 is 0 Å². The summed E-state index contributed by atoms with van der Waals surface area (Å²) in [4.78, 5) is 8.88. The zero-order valence-electron chi connectivity index (χ0n) is 10.5. The van der Waals surface area contributed by atoms with Crippen LogP contribution < -0.4 is 5.32 Å². The van der Waals surface area contributed by atoms with E-state index < -0.39 is 0 Å². The zero-order chi connectivity index (χ0) is 13.0. The summed E-state index contributed by atoms with van der Waals surface area (Å²) < 4.78 is 0. The zero-order valence-corrected chi connectivity index (χ0v) is 12.1. The summed E-state index contributed by atoms with van der Waals surface area (Å²) in [5.41, 5.74) is 1.96. The lowest BCUT2D eigenvalue weighted by Crippen LogP contribution is -2.24. The number of halogens is 1. The number of aryl methyl sites for hydroxylation is 1. The molecule has 0 amide bonds. The predicted molar refractivity (Wildman–Crippen MR) is 76.2 cm³/mol. The minimum Gasteiger partial charge on any atom is -0.309 e. The maximum atomic E-state index is 6.21. The summed E-state index contributed by atoms with van der Waals surface area (Å²) in [5.74, 6) is 0. The Labute approximate surface area is 116 Å². The predicted octanol–water partition coefficient (Wildman–Crippen LogP) is 3.39. The van der Waals surface area contributed by atoms with Crippen molar-refractivity contribution in [1.29, 1.82) is 0 Å². The quantitative estimate of drug-likeness (QED) is 0.913. The molecule has 18 heavy (non-hydrogen) atoms. The van der Waals surface area contributed by atoms with E-state index in [2.05, 4.69) is 27.6 Å². The van der Waals surface area contributed by atoms with Gasteiger partial charge in [0.2, 0.25) is 0 Å². The van der Waals surface area contributed by atoms with Gasteiger partial charge in [-0.05, 0) is 25.6 Å². The van der Waals surface area contributed by atoms with E-state index in [1.165, 1.54) is 0 Å². The van der Waals surface area contributed by atoms with E-state index in [1.54, 1.807) is 17.5 Å². The van der Waals surface area contributed by atoms with Crippen molar-refractivity contribution >= 4 is 22.9 Å². The molecule has 0 fully saturated rings. The fourth-order valence-electron chi connectivity index (χ4n) is 1.84. The Morgan fingerprint density at radius 2 is 2.33 bits per heavy atom. The molecule has 2 aromatic heterocycles. The van der Waals surface area contributed by atoms with Crippen LogP contribution in [0.25, 0.3) is 0 Å². The molecule has 5 heteroatoms. The first-order valence-electron chi connectivity index (χ1n) is 5.95. The molecule has 0 aromatic carbocycles. The van der Waals surface area contributed by atoms with E-state index in [0.29, 0.717) is 5.02 Å². The Hall–Kier alpha value is -0.970. The molecule has 0 saturated heterocycles. The van der Waals surface area contributed by atoms with Gasteiger partial charge in [-0.15, -0.1) is 11.3 Å². The van der Waals surface area contributed by atoms with E-state index in [4.69, 9.17) is 11.6 Å². The van der Waals surface area contributed by atoms with Crippen molar-refractivity contribution < 1.29 is 0 Å². The van der Waals surface area contributed by atoms with E-state index in [1.807, 2.05) is 19.1 Å². The van der Waals surface area contributed by atoms with Crippen molar-refractivity contribution in [3.8, 4) is 0 Å². The van der Waals surface area contributed by atoms with Crippen molar-refractivity contribution in [2.75, 3.05) is 6.54 Å². The first-order chi connectivity index (χ1) is 8.70. The molecule has 0 bridgehead atoms. The molecule has 0 aliphatic rings. The van der Waals surface area contributed by atoms with Gasteiger partial charge in [-0.3, -0.25) is 4.98 Å². The number of pyridine rings is 1. The van der Waals surface area contributed by atoms with Crippen molar-refractivity contribution in [1.82, 2.24) is 15.3 Å². The number of rotatable bonds is 5. The number of hydrogen-bond acceptors (Lipinski definition) is 4. The fourth-order valence-corrected chi connectivity index (χ4v) is 2.91. The smallest absolute Gasteiger partial charge is 0.0947 e. The highest BCUT2D eigenvalue weighted by atomic mass is 35.5. The van der Waals surface area contributed by atoms with Gasteiger partial charge in [0.1, 0.15) is 0 Å². The van der Waals surface area contributed by atoms with Gasteiger partial charge in [-0.1, -0.05) is 18.5 Å². The molecular weight excluding hydrogens is 266 g/mol. The summed E-state index contributed by atoms with van der Waals surface area (Å²) in [7, 11) is 0. The standard InChI is InChI=1S/C13H16ClN3S/c1-3-15-11(7-12-17-9(2)8-18-12)13-10(14)5-4-6-16-13/h4-6,8,11,15H,3,7H2,1-2H3. The third-order valence-electron chi connectivity index (χ3n) is 2.61. The monoisotopic (exact) mass is 281 g/mol. The molecular formula is C13H16ClN3S. The second-order valence-corrected chi connectivity index (χ2v) is 5.42. The van der Waals surface area contributed by atoms with Gasteiger partial charge < -0.3 is 5.32 Å². The second-order valence-electron chi connectivity index (χ2n) is 4.07. The second kappa shape index (κ2) is 6.27. The van der Waals surface area contributed by atoms with Crippen molar-refractivity contribution in [2.45, 2.75) is 26.3 Å². The molecule has 0 aliphatic heterocycles. The first-order valence-corrected chi connectivity index (χ1v) is 7.21. The lowest BCUT2D eigenvalue weighted by molar-refractivity contribution is 0.535. The molecule has 0 spiro atoms. The Kier molecular flexibility index (Phi) is 4.69. The van der Waals surface area contributed by atoms with Crippen LogP contribution in [0.4, 0.5) is 0 Å². The first kappa shape index (κ1) is 13.5. The molecule has 2 rings (SSSR count). The van der Waals surface area contributed by atoms with Crippen LogP contribution in [0.5, 0.6) is 0 Å². The maximum Gasteiger partial charge on any atom is 0.0947 e. The normalized spacial score (nSPS) is 12.6. The van der Waals surface area contributed by atoms with Crippen molar-refractivity contribution in [3.05, 3.63) is 45.1 Å². The van der Waals surface area contributed by atoms with Crippen LogP contribution in [-0.2, 0) is 6.42 Å². The number of thiazole rings is 1. The number of nitrogens with zero attached hydrogens (tertiary/aromatic N) is 2. The fraction of sp³-hybridized carbons (Fsp3) is 0.385. The number of hydrogen-bond donors (Lipinski definition) is 1. The van der Waals surface area contributed by atoms with Gasteiger partial charge in [-0.25, -0.2) is 4.98 Å². The Morgan fingerprint density at radius 1 is 1.50 bits per heavy atom. The van der Waals surface area contributed by atoms with E-state index in [0.717, 1.165) is 29.4 Å². The Morgan fingerprint density at radius 3 is 2.94 bits per heavy atom. The van der Waals surface area contributed by atoms with Gasteiger partial charge in [0.05, 0.1) is 21.8 Å². The van der Waals surface area contributed by atoms with Gasteiger partial charge in [0.15, 0.2) is 0 Å². The Balaban J connectivity index is 2.20. The SMILES string of the molecule is CCNC(Cc1nc(C)cs1)c1ncccc1Cl. The van der Waals surface area contributed by atoms with Gasteiger partial charge in [0, 0.05) is 23.7 Å². The molecule has 1 N–H and O–H groups in total. The van der Waals surface area contributed by atoms with Gasteiger partial charge in [0.25, 0.3) is 0 Å². The number of aromatic nitrogens is 2. The average Bonchev–Trinajstić information content (AvgIpc) is 2.75. The molecule has 96 valence electrons. The number of nitrogens with one attached hydrogen (secondary N) is 1. The largest absolute Gasteiger partial charge is 0.309 e. The van der Waals surface area contributed by atoms with Crippen LogP contribution in [0, 0.1) is 6.92 Å². The Bertz CT molecular complexity index is 512. The van der Waals surface area contributed by atoms with Crippen molar-refractivity contribution in [3.63, 3.8) is 0 Å². The lowest BCUT2D eigenvalue weighted by Gasteiger charge is -2.17. The van der Waals surface area contributed by atoms with E-state index in [-0.39, 0.29) is 6.04 Å². The van der Waals surface area contributed by atoms with Crippen LogP contribution in [0.1, 0.15) is 29.4 Å². The topological polar surface area (TPSA) is 37.8 Å². The third-order valence-corrected chi connectivity index (χ3v) is 3.92. The molecule has 0 radical (unpaired) electrons. The summed E-state index contributed by atoms with van der Waals surface area (Å²) in [5, 5.41) is 7.30. The van der Waals surface area contributed by atoms with Crippen LogP contribution in [0.2, 0.25) is 5.02 Å². The van der Waals surface area contributed by atoms with Gasteiger partial charge in [-0.2, -0.15) is 0 Å². The molecule has 2 heterocycles. The summed E-state index contributed by atoms with van der Waals surface area (Å²) in [6, 6.07) is 3.85. The molecule has 3 nitrogen and oxygen atoms in total. The van der Waals surface area contributed by atoms with Crippen LogP contribution in [0.15, 0.2) is 23.7 Å². The summed E-state index contributed by atoms with van der Waals surface area (Å²) in [6.07, 6.45) is 2.60. The molecule has 0 saturated carbocycles. The molecule has 0 aliphatic carbocycles. The lowest BCUT2D eigenvalue weighted by atomic mass is 10.1. The molecule has 2 aromatic rings. The maximum absolute atomic E-state index is 6.21. The minimum absolute atomic E-state index is 0.120. The van der Waals surface area contributed by atoms with Crippen LogP contribution >= 0.6 is 22.9 Å². The summed E-state index contributed by atoms with van der Waals surface area (Å²) in [6.45, 7) is 4.97. The highest BCUT2D eigenvalue weighted by Crippen LogP contribution is 2.24. The minimum atomic E-state index is 0.120. The van der Waals surface area contributed by atoms with Crippen molar-refractivity contribution in [2.24, 2.45) is 0 Å². The highest BCUT2D eigenvalue weighted by molar-refractivity contribution is 7.09. The average molecular weight is 282 g/mol. The molecule has 1 unspecified atom stereocenters. The summed E-state index contributed by atoms with van der Waals surface area (Å²) >= 11 is 7.89. The number of likely N-dealkylation sites (N-methyl/N-ethyl adjacent to an activating group) is 1.